The van der Waals surface area contributed by atoms with E-state index in [0.717, 1.165) is 64.5 Å². The molecule has 0 bridgehead atoms. The van der Waals surface area contributed by atoms with Gasteiger partial charge in [-0.2, -0.15) is 0 Å². The summed E-state index contributed by atoms with van der Waals surface area (Å²) in [6.45, 7) is 1.88. The van der Waals surface area contributed by atoms with Crippen LogP contribution in [0.1, 0.15) is 68.9 Å². The van der Waals surface area contributed by atoms with Crippen molar-refractivity contribution in [1.82, 2.24) is 10.2 Å². The van der Waals surface area contributed by atoms with Gasteiger partial charge < -0.3 is 10.2 Å². The van der Waals surface area contributed by atoms with Gasteiger partial charge in [-0.25, -0.2) is 0 Å². The summed E-state index contributed by atoms with van der Waals surface area (Å²) in [5.74, 6) is 1.61. The smallest absolute Gasteiger partial charge is 0.225 e. The Hall–Kier alpha value is -1.84. The van der Waals surface area contributed by atoms with E-state index in [1.165, 1.54) is 24.0 Å². The van der Waals surface area contributed by atoms with Crippen molar-refractivity contribution in [3.8, 4) is 0 Å². The quantitative estimate of drug-likeness (QED) is 0.778. The standard InChI is InChI=1S/C24H34N2O2/c27-23(25-22-10-11-22)12-9-18-5-7-19(8-6-18)17-20-13-15-26(16-14-20)24(28)21-3-1-2-4-21/h5-8,20-22H,1-4,9-17H2,(H,25,27). The molecule has 0 atom stereocenters. The van der Waals surface area contributed by atoms with E-state index in [2.05, 4.69) is 34.5 Å². The Morgan fingerprint density at radius 3 is 2.18 bits per heavy atom. The van der Waals surface area contributed by atoms with Crippen LogP contribution in [0, 0.1) is 11.8 Å². The Balaban J connectivity index is 1.18. The maximum absolute atomic E-state index is 12.6. The zero-order valence-electron chi connectivity index (χ0n) is 17.0. The summed E-state index contributed by atoms with van der Waals surface area (Å²) in [5.41, 5.74) is 2.62. The Morgan fingerprint density at radius 1 is 0.893 bits per heavy atom. The first-order valence-electron chi connectivity index (χ1n) is 11.3. The van der Waals surface area contributed by atoms with E-state index >= 15 is 0 Å². The Morgan fingerprint density at radius 2 is 1.54 bits per heavy atom. The number of aryl methyl sites for hydroxylation is 1. The predicted octanol–water partition coefficient (Wildman–Crippen LogP) is 3.87. The van der Waals surface area contributed by atoms with Crippen LogP contribution >= 0.6 is 0 Å². The van der Waals surface area contributed by atoms with Gasteiger partial charge in [0, 0.05) is 31.5 Å². The van der Waals surface area contributed by atoms with E-state index in [1.54, 1.807) is 0 Å². The zero-order valence-corrected chi connectivity index (χ0v) is 17.0. The van der Waals surface area contributed by atoms with Crippen LogP contribution in [0.5, 0.6) is 0 Å². The minimum absolute atomic E-state index is 0.186. The summed E-state index contributed by atoms with van der Waals surface area (Å²) < 4.78 is 0. The monoisotopic (exact) mass is 382 g/mol. The van der Waals surface area contributed by atoms with Gasteiger partial charge in [-0.15, -0.1) is 0 Å². The van der Waals surface area contributed by atoms with Gasteiger partial charge in [0.15, 0.2) is 0 Å². The minimum atomic E-state index is 0.186. The normalized spacial score (nSPS) is 21.1. The molecule has 1 saturated heterocycles. The van der Waals surface area contributed by atoms with Crippen molar-refractivity contribution >= 4 is 11.8 Å². The number of likely N-dealkylation sites (tertiary alicyclic amines) is 1. The lowest BCUT2D eigenvalue weighted by molar-refractivity contribution is -0.136. The third-order valence-electron chi connectivity index (χ3n) is 6.76. The highest BCUT2D eigenvalue weighted by Gasteiger charge is 2.30. The van der Waals surface area contributed by atoms with Gasteiger partial charge in [0.1, 0.15) is 0 Å². The van der Waals surface area contributed by atoms with E-state index in [9.17, 15) is 9.59 Å². The van der Waals surface area contributed by atoms with Gasteiger partial charge in [0.2, 0.25) is 11.8 Å². The molecule has 28 heavy (non-hydrogen) atoms. The first kappa shape index (κ1) is 19.5. The summed E-state index contributed by atoms with van der Waals surface area (Å²) in [7, 11) is 0. The number of amides is 2. The molecular weight excluding hydrogens is 348 g/mol. The molecule has 4 nitrogen and oxygen atoms in total. The predicted molar refractivity (Wildman–Crippen MR) is 111 cm³/mol. The molecule has 3 fully saturated rings. The first-order valence-corrected chi connectivity index (χ1v) is 11.3. The molecule has 0 spiro atoms. The molecule has 1 heterocycles. The third kappa shape index (κ3) is 5.36. The van der Waals surface area contributed by atoms with Crippen molar-refractivity contribution in [3.63, 3.8) is 0 Å². The molecule has 0 aromatic heterocycles. The van der Waals surface area contributed by atoms with E-state index in [4.69, 9.17) is 0 Å². The summed E-state index contributed by atoms with van der Waals surface area (Å²) in [5, 5.41) is 3.05. The maximum Gasteiger partial charge on any atom is 0.225 e. The van der Waals surface area contributed by atoms with Gasteiger partial charge in [0.25, 0.3) is 0 Å². The molecule has 2 saturated carbocycles. The molecular formula is C24H34N2O2. The second-order valence-electron chi connectivity index (χ2n) is 9.11. The second-order valence-corrected chi connectivity index (χ2v) is 9.11. The Bertz CT molecular complexity index is 666. The van der Waals surface area contributed by atoms with Gasteiger partial charge in [-0.05, 0) is 68.4 Å². The van der Waals surface area contributed by atoms with Crippen molar-refractivity contribution in [2.75, 3.05) is 13.1 Å². The van der Waals surface area contributed by atoms with Crippen molar-refractivity contribution < 1.29 is 9.59 Å². The number of rotatable bonds is 7. The number of benzene rings is 1. The second kappa shape index (κ2) is 9.11. The minimum Gasteiger partial charge on any atom is -0.353 e. The van der Waals surface area contributed by atoms with Gasteiger partial charge >= 0.3 is 0 Å². The van der Waals surface area contributed by atoms with Crippen LogP contribution in [0.25, 0.3) is 0 Å². The average Bonchev–Trinajstić information content (AvgIpc) is 3.36. The number of hydrogen-bond acceptors (Lipinski definition) is 2. The van der Waals surface area contributed by atoms with Crippen LogP contribution in [0.3, 0.4) is 0 Å². The highest BCUT2D eigenvalue weighted by Crippen LogP contribution is 2.29. The highest BCUT2D eigenvalue weighted by atomic mass is 16.2. The van der Waals surface area contributed by atoms with Gasteiger partial charge in [0.05, 0.1) is 0 Å². The number of carbonyl (C=O) groups is 2. The molecule has 1 aliphatic heterocycles. The zero-order chi connectivity index (χ0) is 19.3. The van der Waals surface area contributed by atoms with Crippen LogP contribution < -0.4 is 5.32 Å². The number of carbonyl (C=O) groups excluding carboxylic acids is 2. The molecule has 1 aromatic rings. The van der Waals surface area contributed by atoms with Crippen LogP contribution in [0.2, 0.25) is 0 Å². The van der Waals surface area contributed by atoms with E-state index in [-0.39, 0.29) is 5.91 Å². The van der Waals surface area contributed by atoms with Gasteiger partial charge in [-0.1, -0.05) is 37.1 Å². The van der Waals surface area contributed by atoms with Crippen molar-refractivity contribution in [3.05, 3.63) is 35.4 Å². The van der Waals surface area contributed by atoms with Crippen molar-refractivity contribution in [2.45, 2.75) is 76.7 Å². The maximum atomic E-state index is 12.6. The Labute approximate surface area is 169 Å². The fourth-order valence-corrected chi connectivity index (χ4v) is 4.75. The number of nitrogens with one attached hydrogen (secondary N) is 1. The SMILES string of the molecule is O=C(CCc1ccc(CC2CCN(C(=O)C3CCCC3)CC2)cc1)NC1CC1. The highest BCUT2D eigenvalue weighted by molar-refractivity contribution is 5.79. The van der Waals surface area contributed by atoms with Crippen molar-refractivity contribution in [2.24, 2.45) is 11.8 Å². The van der Waals surface area contributed by atoms with Crippen molar-refractivity contribution in [1.29, 1.82) is 0 Å². The molecule has 3 aliphatic rings. The molecule has 0 radical (unpaired) electrons. The summed E-state index contributed by atoms with van der Waals surface area (Å²) >= 11 is 0. The van der Waals surface area contributed by atoms with Crippen LogP contribution in [0.15, 0.2) is 24.3 Å². The molecule has 2 aliphatic carbocycles. The molecule has 4 rings (SSSR count). The number of piperidine rings is 1. The Kier molecular flexibility index (Phi) is 6.33. The van der Waals surface area contributed by atoms with E-state index in [1.807, 2.05) is 0 Å². The largest absolute Gasteiger partial charge is 0.353 e. The average molecular weight is 383 g/mol. The fraction of sp³-hybridized carbons (Fsp3) is 0.667. The number of hydrogen-bond donors (Lipinski definition) is 1. The van der Waals surface area contributed by atoms with Crippen LogP contribution in [0.4, 0.5) is 0 Å². The molecule has 4 heteroatoms. The van der Waals surface area contributed by atoms with Crippen LogP contribution in [-0.4, -0.2) is 35.8 Å². The topological polar surface area (TPSA) is 49.4 Å². The van der Waals surface area contributed by atoms with E-state index in [0.29, 0.717) is 30.2 Å². The molecule has 2 amide bonds. The lowest BCUT2D eigenvalue weighted by atomic mass is 9.89. The van der Waals surface area contributed by atoms with E-state index < -0.39 is 0 Å². The molecule has 0 unspecified atom stereocenters. The fourth-order valence-electron chi connectivity index (χ4n) is 4.75. The van der Waals surface area contributed by atoms with Gasteiger partial charge in [-0.3, -0.25) is 9.59 Å². The summed E-state index contributed by atoms with van der Waals surface area (Å²) in [4.78, 5) is 26.5. The van der Waals surface area contributed by atoms with Crippen LogP contribution in [-0.2, 0) is 22.4 Å². The molecule has 1 N–H and O–H groups in total. The molecule has 152 valence electrons. The first-order chi connectivity index (χ1) is 13.7. The summed E-state index contributed by atoms with van der Waals surface area (Å²) in [6, 6.07) is 9.26. The lowest BCUT2D eigenvalue weighted by Gasteiger charge is -2.33. The molecule has 1 aromatic carbocycles. The lowest BCUT2D eigenvalue weighted by Crippen LogP contribution is -2.41. The third-order valence-corrected chi connectivity index (χ3v) is 6.76. The summed E-state index contributed by atoms with van der Waals surface area (Å²) in [6.07, 6.45) is 11.7. The number of nitrogens with zero attached hydrogens (tertiary/aromatic N) is 1.